The Balaban J connectivity index is 2.25. The number of nitrogens with zero attached hydrogens (tertiary/aromatic N) is 2. The van der Waals surface area contributed by atoms with E-state index in [0.717, 1.165) is 11.1 Å². The van der Waals surface area contributed by atoms with Crippen LogP contribution in [0.4, 0.5) is 5.69 Å². The van der Waals surface area contributed by atoms with Crippen LogP contribution in [0.3, 0.4) is 0 Å². The van der Waals surface area contributed by atoms with Crippen molar-refractivity contribution in [3.05, 3.63) is 63.7 Å². The van der Waals surface area contributed by atoms with Crippen molar-refractivity contribution in [2.75, 3.05) is 20.3 Å². The summed E-state index contributed by atoms with van der Waals surface area (Å²) in [7, 11) is 1.32. The van der Waals surface area contributed by atoms with Crippen molar-refractivity contribution in [2.45, 2.75) is 46.7 Å². The molecule has 9 nitrogen and oxygen atoms in total. The molecule has 184 valence electrons. The highest BCUT2D eigenvalue weighted by atomic mass is 16.6. The Morgan fingerprint density at radius 1 is 1.18 bits per heavy atom. The monoisotopic (exact) mass is 471 g/mol. The zero-order chi connectivity index (χ0) is 25.3. The first kappa shape index (κ1) is 26.6. The van der Waals surface area contributed by atoms with E-state index in [-0.39, 0.29) is 48.1 Å². The molecule has 0 aliphatic rings. The van der Waals surface area contributed by atoms with Crippen LogP contribution in [0.15, 0.2) is 42.5 Å². The predicted octanol–water partition coefficient (Wildman–Crippen LogP) is 3.87. The predicted molar refractivity (Wildman–Crippen MR) is 129 cm³/mol. The number of carbonyl (C=O) groups excluding carboxylic acids is 2. The molecule has 0 heterocycles. The number of hydrogen-bond acceptors (Lipinski definition) is 6. The Morgan fingerprint density at radius 2 is 1.88 bits per heavy atom. The number of amides is 2. The summed E-state index contributed by atoms with van der Waals surface area (Å²) < 4.78 is 10.7. The molecular formula is C25H33N3O6. The van der Waals surface area contributed by atoms with E-state index < -0.39 is 11.0 Å². The number of hydrogen-bond donors (Lipinski definition) is 1. The maximum absolute atomic E-state index is 13.3. The highest BCUT2D eigenvalue weighted by molar-refractivity contribution is 5.88. The summed E-state index contributed by atoms with van der Waals surface area (Å²) in [5, 5.41) is 14.0. The van der Waals surface area contributed by atoms with Gasteiger partial charge in [0.1, 0.15) is 11.8 Å². The molecule has 0 aliphatic carbocycles. The summed E-state index contributed by atoms with van der Waals surface area (Å²) >= 11 is 0. The molecule has 2 amide bonds. The van der Waals surface area contributed by atoms with Crippen LogP contribution >= 0.6 is 0 Å². The fourth-order valence-electron chi connectivity index (χ4n) is 3.44. The average Bonchev–Trinajstić information content (AvgIpc) is 2.81. The minimum absolute atomic E-state index is 0.0335. The third kappa shape index (κ3) is 7.19. The maximum Gasteiger partial charge on any atom is 0.311 e. The van der Waals surface area contributed by atoms with Crippen LogP contribution in [0.25, 0.3) is 0 Å². The van der Waals surface area contributed by atoms with Gasteiger partial charge in [0.15, 0.2) is 6.61 Å². The van der Waals surface area contributed by atoms with E-state index in [1.807, 2.05) is 52.0 Å². The fraction of sp³-hybridized carbons (Fsp3) is 0.440. The molecule has 0 spiro atoms. The van der Waals surface area contributed by atoms with Gasteiger partial charge in [-0.25, -0.2) is 0 Å². The van der Waals surface area contributed by atoms with E-state index in [9.17, 15) is 19.7 Å². The van der Waals surface area contributed by atoms with Gasteiger partial charge < -0.3 is 19.7 Å². The van der Waals surface area contributed by atoms with Crippen LogP contribution < -0.4 is 14.8 Å². The van der Waals surface area contributed by atoms with E-state index in [0.29, 0.717) is 13.0 Å². The minimum atomic E-state index is -0.666. The number of benzene rings is 2. The van der Waals surface area contributed by atoms with Gasteiger partial charge in [-0.2, -0.15) is 0 Å². The molecule has 1 N–H and O–H groups in total. The van der Waals surface area contributed by atoms with Crippen LogP contribution in [-0.2, 0) is 16.1 Å². The largest absolute Gasteiger partial charge is 0.490 e. The van der Waals surface area contributed by atoms with Gasteiger partial charge in [0.2, 0.25) is 11.7 Å². The third-order valence-electron chi connectivity index (χ3n) is 5.38. The lowest BCUT2D eigenvalue weighted by molar-refractivity contribution is -0.385. The minimum Gasteiger partial charge on any atom is -0.490 e. The molecule has 0 aromatic heterocycles. The Bertz CT molecular complexity index is 1010. The molecule has 0 bridgehead atoms. The number of carbonyl (C=O) groups is 2. The van der Waals surface area contributed by atoms with Crippen LogP contribution in [0, 0.1) is 23.0 Å². The lowest BCUT2D eigenvalue weighted by atomic mass is 10.1. The van der Waals surface area contributed by atoms with Gasteiger partial charge in [-0.1, -0.05) is 45.0 Å². The second kappa shape index (κ2) is 12.6. The van der Waals surface area contributed by atoms with Crippen molar-refractivity contribution < 1.29 is 24.0 Å². The summed E-state index contributed by atoms with van der Waals surface area (Å²) in [5.74, 6) is -0.0140. The summed E-state index contributed by atoms with van der Waals surface area (Å²) in [6, 6.07) is 11.1. The van der Waals surface area contributed by atoms with E-state index in [2.05, 4.69) is 5.32 Å². The lowest BCUT2D eigenvalue weighted by Gasteiger charge is -2.31. The van der Waals surface area contributed by atoms with Crippen LogP contribution in [0.1, 0.15) is 38.3 Å². The standard InChI is InChI=1S/C25H33N3O6/c1-6-21(25(30)26-14-17(2)3)27(15-19-10-8-7-9-18(19)4)24(29)16-34-20-11-12-22(28(31)32)23(13-20)33-5/h7-13,17,21H,6,14-16H2,1-5H3,(H,26,30)/t21-/m1/s1. The topological polar surface area (TPSA) is 111 Å². The fourth-order valence-corrected chi connectivity index (χ4v) is 3.44. The van der Waals surface area contributed by atoms with Gasteiger partial charge in [0, 0.05) is 25.2 Å². The van der Waals surface area contributed by atoms with Crippen molar-refractivity contribution in [2.24, 2.45) is 5.92 Å². The highest BCUT2D eigenvalue weighted by Crippen LogP contribution is 2.30. The quantitative estimate of drug-likeness (QED) is 0.372. The molecule has 0 unspecified atom stereocenters. The second-order valence-corrected chi connectivity index (χ2v) is 8.39. The first-order valence-electron chi connectivity index (χ1n) is 11.2. The van der Waals surface area contributed by atoms with Gasteiger partial charge in [0.05, 0.1) is 12.0 Å². The zero-order valence-corrected chi connectivity index (χ0v) is 20.4. The highest BCUT2D eigenvalue weighted by Gasteiger charge is 2.29. The van der Waals surface area contributed by atoms with E-state index in [4.69, 9.17) is 9.47 Å². The Kier molecular flexibility index (Phi) is 9.85. The van der Waals surface area contributed by atoms with Crippen LogP contribution in [0.2, 0.25) is 0 Å². The molecule has 1 atom stereocenters. The number of ether oxygens (including phenoxy) is 2. The van der Waals surface area contributed by atoms with Gasteiger partial charge in [-0.3, -0.25) is 19.7 Å². The van der Waals surface area contributed by atoms with Crippen molar-refractivity contribution in [1.29, 1.82) is 0 Å². The molecular weight excluding hydrogens is 438 g/mol. The first-order chi connectivity index (χ1) is 16.2. The van der Waals surface area contributed by atoms with Gasteiger partial charge >= 0.3 is 5.69 Å². The number of nitro groups is 1. The molecule has 2 aromatic carbocycles. The maximum atomic E-state index is 13.3. The van der Waals surface area contributed by atoms with E-state index in [1.54, 1.807) is 0 Å². The number of rotatable bonds is 12. The Morgan fingerprint density at radius 3 is 2.47 bits per heavy atom. The Hall–Kier alpha value is -3.62. The second-order valence-electron chi connectivity index (χ2n) is 8.39. The van der Waals surface area contributed by atoms with E-state index in [1.165, 1.54) is 30.2 Å². The van der Waals surface area contributed by atoms with Crippen molar-refractivity contribution in [3.8, 4) is 11.5 Å². The summed E-state index contributed by atoms with van der Waals surface area (Å²) in [6.07, 6.45) is 0.437. The molecule has 2 aromatic rings. The average molecular weight is 472 g/mol. The molecule has 0 fully saturated rings. The van der Waals surface area contributed by atoms with Crippen LogP contribution in [0.5, 0.6) is 11.5 Å². The third-order valence-corrected chi connectivity index (χ3v) is 5.38. The molecule has 2 rings (SSSR count). The molecule has 0 aliphatic heterocycles. The van der Waals surface area contributed by atoms with Crippen molar-refractivity contribution in [1.82, 2.24) is 10.2 Å². The SMILES string of the molecule is CC[C@H](C(=O)NCC(C)C)N(Cc1ccccc1C)C(=O)COc1ccc([N+](=O)[O-])c(OC)c1. The van der Waals surface area contributed by atoms with Gasteiger partial charge in [-0.15, -0.1) is 0 Å². The normalized spacial score (nSPS) is 11.6. The molecule has 34 heavy (non-hydrogen) atoms. The number of methoxy groups -OCH3 is 1. The summed E-state index contributed by atoms with van der Waals surface area (Å²) in [5.41, 5.74) is 1.75. The molecule has 0 saturated heterocycles. The van der Waals surface area contributed by atoms with Crippen molar-refractivity contribution in [3.63, 3.8) is 0 Å². The summed E-state index contributed by atoms with van der Waals surface area (Å²) in [4.78, 5) is 38.3. The lowest BCUT2D eigenvalue weighted by Crippen LogP contribution is -2.50. The number of nitrogens with one attached hydrogen (secondary N) is 1. The van der Waals surface area contributed by atoms with Gasteiger partial charge in [-0.05, 0) is 36.5 Å². The molecule has 0 radical (unpaired) electrons. The molecule has 9 heteroatoms. The van der Waals surface area contributed by atoms with Crippen LogP contribution in [-0.4, -0.2) is 47.9 Å². The Labute approximate surface area is 200 Å². The summed E-state index contributed by atoms with van der Waals surface area (Å²) in [6.45, 7) is 8.26. The first-order valence-corrected chi connectivity index (χ1v) is 11.2. The zero-order valence-electron chi connectivity index (χ0n) is 20.4. The van der Waals surface area contributed by atoms with Crippen molar-refractivity contribution >= 4 is 17.5 Å². The van der Waals surface area contributed by atoms with E-state index >= 15 is 0 Å². The number of nitro benzene ring substituents is 1. The molecule has 0 saturated carbocycles. The smallest absolute Gasteiger partial charge is 0.311 e. The van der Waals surface area contributed by atoms with Gasteiger partial charge in [0.25, 0.3) is 5.91 Å². The number of aryl methyl sites for hydroxylation is 1.